The first-order valence-electron chi connectivity index (χ1n) is 7.88. The van der Waals surface area contributed by atoms with E-state index in [4.69, 9.17) is 11.6 Å². The summed E-state index contributed by atoms with van der Waals surface area (Å²) in [7, 11) is 1.67. The Hall–Kier alpha value is -1.40. The van der Waals surface area contributed by atoms with Gasteiger partial charge in [0, 0.05) is 38.2 Å². The molecule has 0 unspecified atom stereocenters. The van der Waals surface area contributed by atoms with E-state index in [-0.39, 0.29) is 5.91 Å². The van der Waals surface area contributed by atoms with E-state index in [0.717, 1.165) is 50.4 Å². The fourth-order valence-corrected chi connectivity index (χ4v) is 2.95. The number of carbonyl (C=O) groups excluding carboxylic acids is 1. The maximum absolute atomic E-state index is 11.4. The van der Waals surface area contributed by atoms with Crippen molar-refractivity contribution in [2.45, 2.75) is 37.6 Å². The minimum Gasteiger partial charge on any atom is -0.367 e. The maximum atomic E-state index is 11.4. The van der Waals surface area contributed by atoms with Gasteiger partial charge in [0.1, 0.15) is 16.8 Å². The number of amides is 1. The molecule has 0 spiro atoms. The van der Waals surface area contributed by atoms with Crippen molar-refractivity contribution in [2.75, 3.05) is 32.0 Å². The Morgan fingerprint density at radius 1 is 1.32 bits per heavy atom. The van der Waals surface area contributed by atoms with Gasteiger partial charge in [-0.15, -0.1) is 0 Å². The van der Waals surface area contributed by atoms with Crippen molar-refractivity contribution >= 4 is 23.3 Å². The summed E-state index contributed by atoms with van der Waals surface area (Å²) in [5.41, 5.74) is 0. The Balaban J connectivity index is 1.53. The number of anilines is 1. The molecule has 6 nitrogen and oxygen atoms in total. The van der Waals surface area contributed by atoms with Crippen LogP contribution < -0.4 is 10.6 Å². The van der Waals surface area contributed by atoms with E-state index in [2.05, 4.69) is 25.5 Å². The average molecular weight is 324 g/mol. The average Bonchev–Trinajstić information content (AvgIpc) is 3.33. The second kappa shape index (κ2) is 6.79. The summed E-state index contributed by atoms with van der Waals surface area (Å²) in [6.07, 6.45) is 4.32. The predicted molar refractivity (Wildman–Crippen MR) is 86.2 cm³/mol. The number of likely N-dealkylation sites (N-methyl/N-ethyl adjacent to an activating group) is 1. The lowest BCUT2D eigenvalue weighted by Crippen LogP contribution is -2.43. The summed E-state index contributed by atoms with van der Waals surface area (Å²) in [4.78, 5) is 22.5. The van der Waals surface area contributed by atoms with E-state index in [1.54, 1.807) is 13.1 Å². The molecule has 7 heteroatoms. The molecule has 120 valence electrons. The Bertz CT molecular complexity index is 541. The second-order valence-corrected chi connectivity index (χ2v) is 6.46. The zero-order valence-corrected chi connectivity index (χ0v) is 13.6. The molecule has 1 saturated heterocycles. The number of likely N-dealkylation sites (tertiary alicyclic amines) is 1. The molecule has 0 radical (unpaired) electrons. The first kappa shape index (κ1) is 15.5. The van der Waals surface area contributed by atoms with Crippen LogP contribution in [0.1, 0.15) is 37.4 Å². The highest BCUT2D eigenvalue weighted by atomic mass is 35.5. The van der Waals surface area contributed by atoms with Crippen LogP contribution in [0, 0.1) is 0 Å². The van der Waals surface area contributed by atoms with Gasteiger partial charge in [-0.05, 0) is 25.7 Å². The molecule has 1 amide bonds. The monoisotopic (exact) mass is 323 g/mol. The van der Waals surface area contributed by atoms with Gasteiger partial charge in [0.25, 0.3) is 0 Å². The molecule has 1 saturated carbocycles. The maximum Gasteiger partial charge on any atom is 0.233 e. The molecule has 1 aliphatic carbocycles. The van der Waals surface area contributed by atoms with Crippen LogP contribution in [0.3, 0.4) is 0 Å². The predicted octanol–water partition coefficient (Wildman–Crippen LogP) is 1.63. The number of piperidine rings is 1. The number of halogens is 1. The minimum atomic E-state index is 0.0723. The van der Waals surface area contributed by atoms with Gasteiger partial charge in [0.2, 0.25) is 5.91 Å². The molecule has 1 aromatic rings. The number of hydrogen-bond donors (Lipinski definition) is 2. The first-order chi connectivity index (χ1) is 10.6. The van der Waals surface area contributed by atoms with Crippen molar-refractivity contribution in [1.82, 2.24) is 20.2 Å². The largest absolute Gasteiger partial charge is 0.367 e. The molecule has 2 heterocycles. The fourth-order valence-electron chi connectivity index (χ4n) is 2.76. The number of nitrogens with one attached hydrogen (secondary N) is 2. The van der Waals surface area contributed by atoms with Gasteiger partial charge in [-0.3, -0.25) is 9.69 Å². The van der Waals surface area contributed by atoms with Gasteiger partial charge in [0.05, 0.1) is 6.54 Å². The number of rotatable bonds is 5. The van der Waals surface area contributed by atoms with E-state index in [1.807, 2.05) is 0 Å². The molecule has 0 atom stereocenters. The van der Waals surface area contributed by atoms with E-state index in [9.17, 15) is 4.79 Å². The molecule has 2 aliphatic rings. The Morgan fingerprint density at radius 3 is 2.68 bits per heavy atom. The van der Waals surface area contributed by atoms with Crippen LogP contribution in [0.5, 0.6) is 0 Å². The normalized spacial score (nSPS) is 19.9. The highest BCUT2D eigenvalue weighted by molar-refractivity contribution is 6.29. The molecular weight excluding hydrogens is 302 g/mol. The summed E-state index contributed by atoms with van der Waals surface area (Å²) in [6.45, 7) is 2.31. The quantitative estimate of drug-likeness (QED) is 0.806. The third kappa shape index (κ3) is 4.08. The third-order valence-electron chi connectivity index (χ3n) is 4.24. The van der Waals surface area contributed by atoms with Crippen LogP contribution in [0.15, 0.2) is 6.07 Å². The SMILES string of the molecule is CNC(=O)CN1CCC(Nc2cc(Cl)nc(C3CC3)n2)CC1. The molecule has 0 bridgehead atoms. The standard InChI is InChI=1S/C15H22ClN5O/c1-17-14(22)9-21-6-4-11(5-7-21)18-13-8-12(16)19-15(20-13)10-2-3-10/h8,10-11H,2-7,9H2,1H3,(H,17,22)(H,18,19,20). The first-order valence-corrected chi connectivity index (χ1v) is 8.26. The van der Waals surface area contributed by atoms with Gasteiger partial charge < -0.3 is 10.6 Å². The summed E-state index contributed by atoms with van der Waals surface area (Å²) in [5.74, 6) is 2.26. The lowest BCUT2D eigenvalue weighted by atomic mass is 10.1. The third-order valence-corrected chi connectivity index (χ3v) is 4.43. The van der Waals surface area contributed by atoms with Crippen LogP contribution in [0.2, 0.25) is 5.15 Å². The van der Waals surface area contributed by atoms with Crippen LogP contribution >= 0.6 is 11.6 Å². The summed E-state index contributed by atoms with van der Waals surface area (Å²) in [6, 6.07) is 2.17. The molecule has 1 aliphatic heterocycles. The van der Waals surface area contributed by atoms with Gasteiger partial charge in [-0.2, -0.15) is 0 Å². The lowest BCUT2D eigenvalue weighted by molar-refractivity contribution is -0.122. The van der Waals surface area contributed by atoms with Crippen molar-refractivity contribution in [3.05, 3.63) is 17.0 Å². The van der Waals surface area contributed by atoms with Crippen LogP contribution in [-0.2, 0) is 4.79 Å². The number of carbonyl (C=O) groups is 1. The highest BCUT2D eigenvalue weighted by Gasteiger charge is 2.28. The lowest BCUT2D eigenvalue weighted by Gasteiger charge is -2.32. The molecular formula is C15H22ClN5O. The van der Waals surface area contributed by atoms with Crippen molar-refractivity contribution in [1.29, 1.82) is 0 Å². The smallest absolute Gasteiger partial charge is 0.233 e. The van der Waals surface area contributed by atoms with Crippen LogP contribution in [-0.4, -0.2) is 53.5 Å². The number of nitrogens with zero attached hydrogens (tertiary/aromatic N) is 3. The fraction of sp³-hybridized carbons (Fsp3) is 0.667. The highest BCUT2D eigenvalue weighted by Crippen LogP contribution is 2.38. The van der Waals surface area contributed by atoms with Gasteiger partial charge in [0.15, 0.2) is 0 Å². The minimum absolute atomic E-state index is 0.0723. The zero-order chi connectivity index (χ0) is 15.5. The molecule has 2 fully saturated rings. The van der Waals surface area contributed by atoms with Crippen LogP contribution in [0.25, 0.3) is 0 Å². The van der Waals surface area contributed by atoms with E-state index >= 15 is 0 Å². The number of hydrogen-bond acceptors (Lipinski definition) is 5. The van der Waals surface area contributed by atoms with Gasteiger partial charge >= 0.3 is 0 Å². The van der Waals surface area contributed by atoms with Crippen molar-refractivity contribution in [3.63, 3.8) is 0 Å². The van der Waals surface area contributed by atoms with Crippen molar-refractivity contribution < 1.29 is 4.79 Å². The van der Waals surface area contributed by atoms with Crippen molar-refractivity contribution in [2.24, 2.45) is 0 Å². The van der Waals surface area contributed by atoms with Gasteiger partial charge in [-0.25, -0.2) is 9.97 Å². The summed E-state index contributed by atoms with van der Waals surface area (Å²) in [5, 5.41) is 6.64. The van der Waals surface area contributed by atoms with Gasteiger partial charge in [-0.1, -0.05) is 11.6 Å². The Kier molecular flexibility index (Phi) is 4.78. The van der Waals surface area contributed by atoms with Crippen LogP contribution in [0.4, 0.5) is 5.82 Å². The molecule has 2 N–H and O–H groups in total. The summed E-state index contributed by atoms with van der Waals surface area (Å²) < 4.78 is 0. The molecule has 1 aromatic heterocycles. The molecule has 22 heavy (non-hydrogen) atoms. The van der Waals surface area contributed by atoms with Crippen molar-refractivity contribution in [3.8, 4) is 0 Å². The molecule has 3 rings (SSSR count). The van der Waals surface area contributed by atoms with E-state index < -0.39 is 0 Å². The number of aromatic nitrogens is 2. The van der Waals surface area contributed by atoms with E-state index in [1.165, 1.54) is 0 Å². The summed E-state index contributed by atoms with van der Waals surface area (Å²) >= 11 is 6.09. The van der Waals surface area contributed by atoms with E-state index in [0.29, 0.717) is 23.7 Å². The molecule has 0 aromatic carbocycles. The second-order valence-electron chi connectivity index (χ2n) is 6.08. The Morgan fingerprint density at radius 2 is 2.05 bits per heavy atom. The Labute approximate surface area is 135 Å². The zero-order valence-electron chi connectivity index (χ0n) is 12.8. The topological polar surface area (TPSA) is 70.2 Å².